The number of hydrogen-bond acceptors (Lipinski definition) is 6. The lowest BCUT2D eigenvalue weighted by atomic mass is 10.3. The van der Waals surface area contributed by atoms with Gasteiger partial charge in [0, 0.05) is 11.8 Å². The van der Waals surface area contributed by atoms with Crippen molar-refractivity contribution in [2.75, 3.05) is 24.8 Å². The lowest BCUT2D eigenvalue weighted by molar-refractivity contribution is 0.307. The Balaban J connectivity index is 2.23. The van der Waals surface area contributed by atoms with Crippen molar-refractivity contribution in [2.24, 2.45) is 0 Å². The normalized spacial score (nSPS) is 10.2. The van der Waals surface area contributed by atoms with Gasteiger partial charge in [-0.05, 0) is 18.6 Å². The number of nitrogens with zero attached hydrogens (tertiary/aromatic N) is 2. The summed E-state index contributed by atoms with van der Waals surface area (Å²) in [5.41, 5.74) is 7.12. The number of halogens is 1. The second-order valence-corrected chi connectivity index (χ2v) is 4.67. The van der Waals surface area contributed by atoms with E-state index in [2.05, 4.69) is 15.3 Å². The first-order chi connectivity index (χ1) is 10.2. The Morgan fingerprint density at radius 1 is 1.33 bits per heavy atom. The van der Waals surface area contributed by atoms with E-state index in [1.165, 1.54) is 6.33 Å². The Morgan fingerprint density at radius 3 is 2.86 bits per heavy atom. The fourth-order valence-corrected chi connectivity index (χ4v) is 1.86. The van der Waals surface area contributed by atoms with Crippen molar-refractivity contribution in [2.45, 2.75) is 13.3 Å². The maximum Gasteiger partial charge on any atom is 0.242 e. The average Bonchev–Trinajstić information content (AvgIpc) is 2.50. The van der Waals surface area contributed by atoms with Gasteiger partial charge in [-0.3, -0.25) is 0 Å². The molecule has 1 aromatic carbocycles. The summed E-state index contributed by atoms with van der Waals surface area (Å²) in [4.78, 5) is 8.14. The Hall–Kier alpha value is -2.21. The van der Waals surface area contributed by atoms with Crippen LogP contribution in [0.15, 0.2) is 24.5 Å². The smallest absolute Gasteiger partial charge is 0.242 e. The summed E-state index contributed by atoms with van der Waals surface area (Å²) in [5, 5.41) is 3.63. The van der Waals surface area contributed by atoms with Crippen LogP contribution in [0.1, 0.15) is 13.3 Å². The number of nitrogen functional groups attached to an aromatic ring is 1. The van der Waals surface area contributed by atoms with Crippen LogP contribution in [0.2, 0.25) is 5.02 Å². The Morgan fingerprint density at radius 2 is 2.14 bits per heavy atom. The molecular weight excluding hydrogens is 292 g/mol. The molecular formula is C14H17ClN4O2. The molecule has 1 heterocycles. The largest absolute Gasteiger partial charge is 0.495 e. The van der Waals surface area contributed by atoms with Gasteiger partial charge in [-0.1, -0.05) is 18.5 Å². The van der Waals surface area contributed by atoms with E-state index in [1.54, 1.807) is 25.3 Å². The van der Waals surface area contributed by atoms with Crippen LogP contribution in [0.3, 0.4) is 0 Å². The molecule has 112 valence electrons. The number of hydrogen-bond donors (Lipinski definition) is 2. The Kier molecular flexibility index (Phi) is 5.05. The third kappa shape index (κ3) is 3.66. The van der Waals surface area contributed by atoms with Crippen LogP contribution in [-0.4, -0.2) is 23.7 Å². The van der Waals surface area contributed by atoms with Gasteiger partial charge in [0.2, 0.25) is 5.88 Å². The van der Waals surface area contributed by atoms with Crippen LogP contribution in [0.25, 0.3) is 0 Å². The van der Waals surface area contributed by atoms with Crippen LogP contribution in [-0.2, 0) is 0 Å². The number of ether oxygens (including phenoxy) is 2. The molecule has 0 fully saturated rings. The van der Waals surface area contributed by atoms with Crippen LogP contribution in [0, 0.1) is 0 Å². The van der Waals surface area contributed by atoms with Gasteiger partial charge in [0.15, 0.2) is 5.82 Å². The zero-order chi connectivity index (χ0) is 15.2. The summed E-state index contributed by atoms with van der Waals surface area (Å²) in [6, 6.07) is 5.30. The molecule has 0 unspecified atom stereocenters. The van der Waals surface area contributed by atoms with Crippen molar-refractivity contribution in [3.05, 3.63) is 29.5 Å². The molecule has 1 aromatic heterocycles. The van der Waals surface area contributed by atoms with E-state index < -0.39 is 0 Å². The van der Waals surface area contributed by atoms with Crippen molar-refractivity contribution in [1.29, 1.82) is 0 Å². The second-order valence-electron chi connectivity index (χ2n) is 4.26. The highest BCUT2D eigenvalue weighted by molar-refractivity contribution is 6.32. The van der Waals surface area contributed by atoms with Gasteiger partial charge >= 0.3 is 0 Å². The number of nitrogens with two attached hydrogens (primary N) is 1. The van der Waals surface area contributed by atoms with E-state index in [4.69, 9.17) is 26.8 Å². The van der Waals surface area contributed by atoms with Gasteiger partial charge < -0.3 is 20.5 Å². The predicted molar refractivity (Wildman–Crippen MR) is 83.5 cm³/mol. The first-order valence-electron chi connectivity index (χ1n) is 6.49. The number of benzene rings is 1. The first-order valence-corrected chi connectivity index (χ1v) is 6.87. The number of nitrogens with one attached hydrogen (secondary N) is 1. The molecule has 6 nitrogen and oxygen atoms in total. The summed E-state index contributed by atoms with van der Waals surface area (Å²) in [5.74, 6) is 1.41. The number of rotatable bonds is 6. The summed E-state index contributed by atoms with van der Waals surface area (Å²) in [6.07, 6.45) is 2.28. The SMILES string of the molecule is CCCOc1ncnc(Nc2ccc(Cl)c(OC)c2)c1N. The minimum Gasteiger partial charge on any atom is -0.495 e. The number of anilines is 3. The highest BCUT2D eigenvalue weighted by atomic mass is 35.5. The Bertz CT molecular complexity index is 622. The van der Waals surface area contributed by atoms with E-state index in [1.807, 2.05) is 6.92 Å². The third-order valence-corrected chi connectivity index (χ3v) is 3.02. The van der Waals surface area contributed by atoms with E-state index in [0.717, 1.165) is 12.1 Å². The molecule has 0 amide bonds. The fraction of sp³-hybridized carbons (Fsp3) is 0.286. The number of methoxy groups -OCH3 is 1. The molecule has 0 atom stereocenters. The zero-order valence-corrected chi connectivity index (χ0v) is 12.6. The maximum absolute atomic E-state index is 6.00. The van der Waals surface area contributed by atoms with E-state index in [0.29, 0.717) is 34.8 Å². The van der Waals surface area contributed by atoms with Gasteiger partial charge in [-0.15, -0.1) is 0 Å². The minimum absolute atomic E-state index is 0.361. The van der Waals surface area contributed by atoms with Gasteiger partial charge in [-0.2, -0.15) is 4.98 Å². The second kappa shape index (κ2) is 6.99. The lowest BCUT2D eigenvalue weighted by Gasteiger charge is -2.12. The summed E-state index contributed by atoms with van der Waals surface area (Å²) in [7, 11) is 1.56. The molecule has 0 aliphatic carbocycles. The molecule has 7 heteroatoms. The fourth-order valence-electron chi connectivity index (χ4n) is 1.67. The Labute approximate surface area is 128 Å². The van der Waals surface area contributed by atoms with Gasteiger partial charge in [-0.25, -0.2) is 4.98 Å². The molecule has 21 heavy (non-hydrogen) atoms. The van der Waals surface area contributed by atoms with Crippen LogP contribution >= 0.6 is 11.6 Å². The maximum atomic E-state index is 6.00. The molecule has 0 aliphatic heterocycles. The first kappa shape index (κ1) is 15.2. The van der Waals surface area contributed by atoms with E-state index >= 15 is 0 Å². The standard InChI is InChI=1S/C14H17ClN4O2/c1-3-6-21-14-12(16)13(17-8-18-14)19-9-4-5-10(15)11(7-9)20-2/h4-5,7-8H,3,6,16H2,1-2H3,(H,17,18,19). The van der Waals surface area contributed by atoms with Crippen molar-refractivity contribution >= 4 is 28.8 Å². The summed E-state index contributed by atoms with van der Waals surface area (Å²) in [6.45, 7) is 2.56. The average molecular weight is 309 g/mol. The van der Waals surface area contributed by atoms with Gasteiger partial charge in [0.1, 0.15) is 17.8 Å². The minimum atomic E-state index is 0.361. The monoisotopic (exact) mass is 308 g/mol. The summed E-state index contributed by atoms with van der Waals surface area (Å²) >= 11 is 5.99. The van der Waals surface area contributed by atoms with Gasteiger partial charge in [0.25, 0.3) is 0 Å². The van der Waals surface area contributed by atoms with Crippen molar-refractivity contribution in [3.8, 4) is 11.6 Å². The predicted octanol–water partition coefficient (Wildman–Crippen LogP) is 3.25. The molecule has 2 rings (SSSR count). The zero-order valence-electron chi connectivity index (χ0n) is 11.9. The van der Waals surface area contributed by atoms with Gasteiger partial charge in [0.05, 0.1) is 18.7 Å². The van der Waals surface area contributed by atoms with E-state index in [-0.39, 0.29) is 0 Å². The van der Waals surface area contributed by atoms with E-state index in [9.17, 15) is 0 Å². The lowest BCUT2D eigenvalue weighted by Crippen LogP contribution is -2.06. The highest BCUT2D eigenvalue weighted by Gasteiger charge is 2.10. The third-order valence-electron chi connectivity index (χ3n) is 2.70. The highest BCUT2D eigenvalue weighted by Crippen LogP contribution is 2.31. The molecule has 0 spiro atoms. The number of aromatic nitrogens is 2. The quantitative estimate of drug-likeness (QED) is 0.852. The van der Waals surface area contributed by atoms with Crippen LogP contribution in [0.4, 0.5) is 17.2 Å². The van der Waals surface area contributed by atoms with Crippen LogP contribution in [0.5, 0.6) is 11.6 Å². The molecule has 2 aromatic rings. The molecule has 0 radical (unpaired) electrons. The molecule has 0 aliphatic rings. The molecule has 0 bridgehead atoms. The van der Waals surface area contributed by atoms with Crippen molar-refractivity contribution < 1.29 is 9.47 Å². The molecule has 3 N–H and O–H groups in total. The molecule has 0 saturated carbocycles. The van der Waals surface area contributed by atoms with Crippen molar-refractivity contribution in [3.63, 3.8) is 0 Å². The van der Waals surface area contributed by atoms with Crippen molar-refractivity contribution in [1.82, 2.24) is 9.97 Å². The molecule has 0 saturated heterocycles. The summed E-state index contributed by atoms with van der Waals surface area (Å²) < 4.78 is 10.6. The van der Waals surface area contributed by atoms with Crippen LogP contribution < -0.4 is 20.5 Å². The topological polar surface area (TPSA) is 82.3 Å².